The van der Waals surface area contributed by atoms with Gasteiger partial charge in [-0.05, 0) is 11.1 Å². The largest absolute Gasteiger partial charge is 0.542 e. The topological polar surface area (TPSA) is 89.5 Å². The molecular weight excluding hydrogens is 392 g/mol. The van der Waals surface area contributed by atoms with Crippen molar-refractivity contribution in [1.29, 1.82) is 0 Å². The van der Waals surface area contributed by atoms with Crippen molar-refractivity contribution in [2.75, 3.05) is 13.2 Å². The van der Waals surface area contributed by atoms with Crippen LogP contribution in [0.2, 0.25) is 0 Å². The lowest BCUT2D eigenvalue weighted by atomic mass is 9.86. The summed E-state index contributed by atoms with van der Waals surface area (Å²) in [4.78, 5) is 31.6. The Morgan fingerprint density at radius 3 is 1.30 bits per heavy atom. The zero-order valence-corrected chi connectivity index (χ0v) is 17.5. The number of ether oxygens (including phenoxy) is 2. The van der Waals surface area contributed by atoms with E-state index in [4.69, 9.17) is 9.47 Å². The van der Waals surface area contributed by atoms with Crippen LogP contribution in [0.3, 0.4) is 0 Å². The number of hydrogen-bond acceptors (Lipinski definition) is 8. The summed E-state index contributed by atoms with van der Waals surface area (Å²) in [6.45, 7) is 7.70. The predicted octanol–water partition coefficient (Wildman–Crippen LogP) is 5.03. The highest BCUT2D eigenvalue weighted by Crippen LogP contribution is 2.24. The fraction of sp³-hybridized carbons (Fsp3) is 0.364. The first-order valence-electron chi connectivity index (χ1n) is 9.33. The van der Waals surface area contributed by atoms with Crippen LogP contribution in [0.15, 0.2) is 60.7 Å². The van der Waals surface area contributed by atoms with Crippen LogP contribution >= 0.6 is 0 Å². The molecule has 0 atom stereocenters. The van der Waals surface area contributed by atoms with Gasteiger partial charge in [-0.2, -0.15) is 0 Å². The van der Waals surface area contributed by atoms with Crippen molar-refractivity contribution < 1.29 is 38.9 Å². The first-order valence-corrected chi connectivity index (χ1v) is 9.33. The molecule has 0 radical (unpaired) electrons. The Bertz CT molecular complexity index is 733. The average Bonchev–Trinajstić information content (AvgIpc) is 2.75. The second-order valence-corrected chi connectivity index (χ2v) is 7.88. The third kappa shape index (κ3) is 7.38. The lowest BCUT2D eigenvalue weighted by Gasteiger charge is -2.24. The molecule has 0 unspecified atom stereocenters. The average molecular weight is 418 g/mol. The Labute approximate surface area is 175 Å². The summed E-state index contributed by atoms with van der Waals surface area (Å²) in [5, 5.41) is 8.11. The van der Waals surface area contributed by atoms with Crippen LogP contribution in [0.1, 0.15) is 38.8 Å². The highest BCUT2D eigenvalue weighted by molar-refractivity contribution is 5.59. The number of benzene rings is 2. The molecule has 0 heterocycles. The molecule has 2 aromatic carbocycles. The van der Waals surface area contributed by atoms with Crippen molar-refractivity contribution in [2.45, 2.75) is 38.5 Å². The molecule has 0 spiro atoms. The third-order valence-corrected chi connectivity index (χ3v) is 4.44. The van der Waals surface area contributed by atoms with Gasteiger partial charge in [0.1, 0.15) is 13.2 Å². The smallest absolute Gasteiger partial charge is 0.431 e. The van der Waals surface area contributed by atoms with Crippen LogP contribution in [0.25, 0.3) is 0 Å². The summed E-state index contributed by atoms with van der Waals surface area (Å²) in [6.07, 6.45) is -2.30. The Morgan fingerprint density at radius 1 is 0.633 bits per heavy atom. The molecule has 8 heteroatoms. The van der Waals surface area contributed by atoms with Gasteiger partial charge in [-0.1, -0.05) is 88.4 Å². The van der Waals surface area contributed by atoms with Gasteiger partial charge in [-0.25, -0.2) is 19.4 Å². The maximum atomic E-state index is 11.6. The summed E-state index contributed by atoms with van der Waals surface area (Å²) in [7, 11) is 0. The lowest BCUT2D eigenvalue weighted by Crippen LogP contribution is -2.27. The van der Waals surface area contributed by atoms with Crippen LogP contribution < -0.4 is 0 Å². The molecule has 0 saturated heterocycles. The van der Waals surface area contributed by atoms with Gasteiger partial charge in [0.25, 0.3) is 0 Å². The fourth-order valence-electron chi connectivity index (χ4n) is 2.56. The maximum Gasteiger partial charge on any atom is 0.542 e. The minimum Gasteiger partial charge on any atom is -0.431 e. The van der Waals surface area contributed by atoms with E-state index < -0.39 is 23.1 Å². The fourth-order valence-corrected chi connectivity index (χ4v) is 2.56. The van der Waals surface area contributed by atoms with Gasteiger partial charge in [-0.3, -0.25) is 0 Å². The van der Waals surface area contributed by atoms with E-state index >= 15 is 0 Å². The maximum absolute atomic E-state index is 11.6. The molecule has 0 aliphatic heterocycles. The van der Waals surface area contributed by atoms with E-state index in [1.54, 1.807) is 0 Å². The van der Waals surface area contributed by atoms with Gasteiger partial charge in [0.15, 0.2) is 0 Å². The van der Waals surface area contributed by atoms with Crippen LogP contribution in [-0.4, -0.2) is 25.5 Å². The van der Waals surface area contributed by atoms with E-state index in [-0.39, 0.29) is 13.2 Å². The normalized spacial score (nSPS) is 11.5. The van der Waals surface area contributed by atoms with Gasteiger partial charge >= 0.3 is 12.3 Å². The van der Waals surface area contributed by atoms with Crippen molar-refractivity contribution in [3.05, 3.63) is 71.8 Å². The van der Waals surface area contributed by atoms with Gasteiger partial charge in [0.2, 0.25) is 0 Å². The molecule has 0 aromatic heterocycles. The Morgan fingerprint density at radius 2 is 0.967 bits per heavy atom. The molecule has 0 bridgehead atoms. The van der Waals surface area contributed by atoms with Crippen molar-refractivity contribution >= 4 is 12.3 Å². The van der Waals surface area contributed by atoms with E-state index in [1.165, 1.54) is 0 Å². The van der Waals surface area contributed by atoms with Crippen LogP contribution in [0.4, 0.5) is 9.59 Å². The summed E-state index contributed by atoms with van der Waals surface area (Å²) in [5.41, 5.74) is 1.10. The molecular formula is C22H26O8. The second-order valence-electron chi connectivity index (χ2n) is 7.88. The monoisotopic (exact) mass is 418 g/mol. The summed E-state index contributed by atoms with van der Waals surface area (Å²) in [6, 6.07) is 19.1. The highest BCUT2D eigenvalue weighted by Gasteiger charge is 2.25. The van der Waals surface area contributed by atoms with Crippen molar-refractivity contribution in [3.63, 3.8) is 0 Å². The molecule has 0 N–H and O–H groups in total. The van der Waals surface area contributed by atoms with E-state index in [1.807, 2.05) is 88.4 Å². The van der Waals surface area contributed by atoms with Crippen molar-refractivity contribution in [1.82, 2.24) is 0 Å². The molecule has 0 amide bonds. The molecule has 2 rings (SSSR count). The molecule has 8 nitrogen and oxygen atoms in total. The highest BCUT2D eigenvalue weighted by atomic mass is 17.7. The predicted molar refractivity (Wildman–Crippen MR) is 106 cm³/mol. The molecule has 0 aliphatic carbocycles. The third-order valence-electron chi connectivity index (χ3n) is 4.44. The molecule has 0 aliphatic rings. The SMILES string of the molecule is CC(C)(COC(=O)OOOOC(=O)OCC(C)(C)c1ccccc1)c1ccccc1. The van der Waals surface area contributed by atoms with E-state index in [0.29, 0.717) is 0 Å². The van der Waals surface area contributed by atoms with Gasteiger partial charge in [0.05, 0.1) is 0 Å². The molecule has 30 heavy (non-hydrogen) atoms. The molecule has 2 aromatic rings. The minimum atomic E-state index is -1.15. The van der Waals surface area contributed by atoms with Crippen molar-refractivity contribution in [3.8, 4) is 0 Å². The summed E-state index contributed by atoms with van der Waals surface area (Å²) < 4.78 is 9.94. The number of rotatable bonds is 9. The van der Waals surface area contributed by atoms with Gasteiger partial charge < -0.3 is 9.47 Å². The van der Waals surface area contributed by atoms with Gasteiger partial charge in [0, 0.05) is 20.9 Å². The van der Waals surface area contributed by atoms with Crippen LogP contribution in [0, 0.1) is 0 Å². The lowest BCUT2D eigenvalue weighted by molar-refractivity contribution is -0.601. The molecule has 0 saturated carbocycles. The zero-order valence-electron chi connectivity index (χ0n) is 17.5. The standard InChI is InChI=1S/C22H26O8/c1-21(2,17-11-7-5-8-12-17)15-25-19(23)27-29-30-28-20(24)26-16-22(3,4)18-13-9-6-10-14-18/h5-14H,15-16H2,1-4H3. The molecule has 0 fully saturated rings. The quantitative estimate of drug-likeness (QED) is 0.243. The van der Waals surface area contributed by atoms with E-state index in [0.717, 1.165) is 11.1 Å². The Kier molecular flexibility index (Phi) is 8.20. The minimum absolute atomic E-state index is 0.0384. The summed E-state index contributed by atoms with van der Waals surface area (Å²) >= 11 is 0. The second kappa shape index (κ2) is 10.6. The number of hydrogen-bond donors (Lipinski definition) is 0. The Balaban J connectivity index is 1.62. The van der Waals surface area contributed by atoms with E-state index in [2.05, 4.69) is 19.9 Å². The van der Waals surface area contributed by atoms with Crippen LogP contribution in [0.5, 0.6) is 0 Å². The molecule has 162 valence electrons. The summed E-state index contributed by atoms with van der Waals surface area (Å²) in [5.74, 6) is 0. The first kappa shape index (κ1) is 23.2. The zero-order chi connectivity index (χ0) is 22.0. The Hall–Kier alpha value is -3.10. The van der Waals surface area contributed by atoms with Gasteiger partial charge in [-0.15, -0.1) is 0 Å². The number of carbonyl (C=O) groups excluding carboxylic acids is 2. The van der Waals surface area contributed by atoms with Crippen molar-refractivity contribution in [2.24, 2.45) is 0 Å². The number of carbonyl (C=O) groups is 2. The first-order chi connectivity index (χ1) is 14.2. The van der Waals surface area contributed by atoms with Crippen LogP contribution in [-0.2, 0) is 40.2 Å². The van der Waals surface area contributed by atoms with E-state index in [9.17, 15) is 9.59 Å².